The third kappa shape index (κ3) is 8.55. The van der Waals surface area contributed by atoms with Crippen LogP contribution < -0.4 is 5.73 Å². The second kappa shape index (κ2) is 13.3. The summed E-state index contributed by atoms with van der Waals surface area (Å²) in [5.41, 5.74) is 5.59. The maximum absolute atomic E-state index is 6.16. The Bertz CT molecular complexity index is 260. The van der Waals surface area contributed by atoms with Crippen LogP contribution in [-0.4, -0.2) is 54.6 Å². The van der Waals surface area contributed by atoms with Crippen molar-refractivity contribution in [2.75, 3.05) is 39.6 Å². The molecule has 0 aliphatic heterocycles. The molecule has 0 aliphatic carbocycles. The molecule has 0 saturated heterocycles. The average molecular weight is 354 g/mol. The zero-order chi connectivity index (χ0) is 17.6. The number of hydrogen-bond donors (Lipinski definition) is 1. The molecule has 0 heterocycles. The van der Waals surface area contributed by atoms with Crippen molar-refractivity contribution in [1.29, 1.82) is 0 Å². The van der Waals surface area contributed by atoms with E-state index in [1.54, 1.807) is 0 Å². The van der Waals surface area contributed by atoms with Gasteiger partial charge in [-0.1, -0.05) is 0 Å². The molecule has 0 radical (unpaired) electrons. The summed E-state index contributed by atoms with van der Waals surface area (Å²) in [6.45, 7) is 12.2. The van der Waals surface area contributed by atoms with Gasteiger partial charge >= 0.3 is 9.05 Å². The summed E-state index contributed by atoms with van der Waals surface area (Å²) in [6.07, 6.45) is 2.21. The summed E-state index contributed by atoms with van der Waals surface area (Å²) in [7, 11) is -3.35. The van der Waals surface area contributed by atoms with Crippen LogP contribution in [-0.2, 0) is 27.2 Å². The van der Waals surface area contributed by atoms with E-state index in [0.29, 0.717) is 46.0 Å². The summed E-state index contributed by atoms with van der Waals surface area (Å²) >= 11 is 0. The lowest BCUT2D eigenvalue weighted by atomic mass is 10.2. The van der Waals surface area contributed by atoms with Gasteiger partial charge in [0, 0.05) is 39.5 Å². The first-order valence-electron chi connectivity index (χ1n) is 8.67. The standard InChI is InChI=1S/C15H35NO6Si/c1-6-17-15(18-7-2,13-11-12-14-16)22-23(19-8-3,20-9-4)21-10-5/h6-14,16H2,1-5H3. The molecule has 0 spiro atoms. The number of hydrogen-bond acceptors (Lipinski definition) is 7. The number of unbranched alkanes of at least 4 members (excludes halogenated alkanes) is 1. The molecule has 0 aromatic heterocycles. The molecule has 0 unspecified atom stereocenters. The third-order valence-corrected chi connectivity index (χ3v) is 5.40. The van der Waals surface area contributed by atoms with Crippen molar-refractivity contribution in [2.24, 2.45) is 5.73 Å². The molecular weight excluding hydrogens is 318 g/mol. The van der Waals surface area contributed by atoms with Gasteiger partial charge in [-0.3, -0.25) is 4.43 Å². The highest BCUT2D eigenvalue weighted by molar-refractivity contribution is 6.53. The first-order valence-corrected chi connectivity index (χ1v) is 10.3. The minimum Gasteiger partial charge on any atom is -0.351 e. The Morgan fingerprint density at radius 1 is 0.739 bits per heavy atom. The molecule has 0 bridgehead atoms. The Hall–Kier alpha value is -0.0631. The zero-order valence-electron chi connectivity index (χ0n) is 15.4. The van der Waals surface area contributed by atoms with Crippen LogP contribution >= 0.6 is 0 Å². The number of rotatable bonds is 16. The summed E-state index contributed by atoms with van der Waals surface area (Å²) in [4.78, 5) is 0. The minimum absolute atomic E-state index is 0.420. The molecule has 0 atom stereocenters. The lowest BCUT2D eigenvalue weighted by Crippen LogP contribution is -2.57. The molecule has 0 fully saturated rings. The molecule has 140 valence electrons. The SMILES string of the molecule is CCOC(CCCCN)(OCC)O[Si](OCC)(OCC)OCC. The Morgan fingerprint density at radius 2 is 1.22 bits per heavy atom. The molecule has 0 aromatic rings. The topological polar surface area (TPSA) is 81.4 Å². The summed E-state index contributed by atoms with van der Waals surface area (Å²) in [5.74, 6) is -1.23. The lowest BCUT2D eigenvalue weighted by molar-refractivity contribution is -0.367. The predicted octanol–water partition coefficient (Wildman–Crippen LogP) is 2.40. The monoisotopic (exact) mass is 353 g/mol. The second-order valence-electron chi connectivity index (χ2n) is 4.70. The maximum Gasteiger partial charge on any atom is 0.683 e. The van der Waals surface area contributed by atoms with Crippen LogP contribution in [0.5, 0.6) is 0 Å². The molecular formula is C15H35NO6Si. The van der Waals surface area contributed by atoms with Gasteiger partial charge in [0.15, 0.2) is 0 Å². The fourth-order valence-electron chi connectivity index (χ4n) is 2.16. The highest BCUT2D eigenvalue weighted by atomic mass is 28.4. The number of ether oxygens (including phenoxy) is 2. The molecule has 8 heteroatoms. The first kappa shape index (κ1) is 22.9. The van der Waals surface area contributed by atoms with Crippen LogP contribution in [0.25, 0.3) is 0 Å². The summed E-state index contributed by atoms with van der Waals surface area (Å²) in [5, 5.41) is 0. The highest BCUT2D eigenvalue weighted by Gasteiger charge is 2.53. The van der Waals surface area contributed by atoms with Crippen molar-refractivity contribution in [3.8, 4) is 0 Å². The van der Waals surface area contributed by atoms with Crippen LogP contribution in [0, 0.1) is 0 Å². The second-order valence-corrected chi connectivity index (χ2v) is 6.77. The van der Waals surface area contributed by atoms with E-state index >= 15 is 0 Å². The van der Waals surface area contributed by atoms with Crippen molar-refractivity contribution in [3.63, 3.8) is 0 Å². The smallest absolute Gasteiger partial charge is 0.351 e. The first-order chi connectivity index (χ1) is 11.1. The van der Waals surface area contributed by atoms with Crippen molar-refractivity contribution in [1.82, 2.24) is 0 Å². The van der Waals surface area contributed by atoms with E-state index in [1.165, 1.54) is 0 Å². The third-order valence-electron chi connectivity index (χ3n) is 2.91. The maximum atomic E-state index is 6.16. The zero-order valence-corrected chi connectivity index (χ0v) is 16.4. The van der Waals surface area contributed by atoms with Gasteiger partial charge in [0.25, 0.3) is 5.97 Å². The van der Waals surface area contributed by atoms with Crippen molar-refractivity contribution in [3.05, 3.63) is 0 Å². The van der Waals surface area contributed by atoms with Gasteiger partial charge in [0.1, 0.15) is 0 Å². The molecule has 0 amide bonds. The van der Waals surface area contributed by atoms with Gasteiger partial charge in [-0.15, -0.1) is 0 Å². The molecule has 0 saturated carbocycles. The fourth-order valence-corrected chi connectivity index (χ4v) is 4.24. The van der Waals surface area contributed by atoms with Crippen LogP contribution in [0.3, 0.4) is 0 Å². The Labute approximate surface area is 142 Å². The van der Waals surface area contributed by atoms with E-state index in [0.717, 1.165) is 12.8 Å². The minimum atomic E-state index is -3.35. The van der Waals surface area contributed by atoms with Gasteiger partial charge in [-0.05, 0) is 54.0 Å². The van der Waals surface area contributed by atoms with Crippen LogP contribution in [0.15, 0.2) is 0 Å². The van der Waals surface area contributed by atoms with E-state index in [9.17, 15) is 0 Å². The van der Waals surface area contributed by atoms with Gasteiger partial charge in [-0.25, -0.2) is 0 Å². The van der Waals surface area contributed by atoms with Gasteiger partial charge in [0.05, 0.1) is 0 Å². The number of nitrogens with two attached hydrogens (primary N) is 1. The summed E-state index contributed by atoms with van der Waals surface area (Å²) < 4.78 is 35.1. The quantitative estimate of drug-likeness (QED) is 0.259. The van der Waals surface area contributed by atoms with Gasteiger partial charge in [0.2, 0.25) is 0 Å². The normalized spacial score (nSPS) is 12.8. The van der Waals surface area contributed by atoms with Crippen LogP contribution in [0.2, 0.25) is 0 Å². The van der Waals surface area contributed by atoms with Gasteiger partial charge in [-0.2, -0.15) is 0 Å². The molecule has 0 aromatic carbocycles. The van der Waals surface area contributed by atoms with Gasteiger partial charge < -0.3 is 28.5 Å². The van der Waals surface area contributed by atoms with E-state index in [1.807, 2.05) is 34.6 Å². The summed E-state index contributed by atoms with van der Waals surface area (Å²) in [6, 6.07) is 0. The van der Waals surface area contributed by atoms with E-state index in [4.69, 9.17) is 32.9 Å². The largest absolute Gasteiger partial charge is 0.683 e. The predicted molar refractivity (Wildman–Crippen MR) is 90.6 cm³/mol. The molecule has 0 rings (SSSR count). The van der Waals surface area contributed by atoms with Crippen LogP contribution in [0.1, 0.15) is 53.9 Å². The van der Waals surface area contributed by atoms with Crippen molar-refractivity contribution < 1.29 is 27.2 Å². The molecule has 23 heavy (non-hydrogen) atoms. The molecule has 2 N–H and O–H groups in total. The van der Waals surface area contributed by atoms with Crippen molar-refractivity contribution >= 4 is 9.05 Å². The Kier molecular flexibility index (Phi) is 13.2. The van der Waals surface area contributed by atoms with Crippen LogP contribution in [0.4, 0.5) is 0 Å². The molecule has 7 nitrogen and oxygen atoms in total. The molecule has 0 aliphatic rings. The Balaban J connectivity index is 5.33. The van der Waals surface area contributed by atoms with Crippen molar-refractivity contribution in [2.45, 2.75) is 59.9 Å². The lowest BCUT2D eigenvalue weighted by Gasteiger charge is -2.38. The van der Waals surface area contributed by atoms with E-state index in [2.05, 4.69) is 0 Å². The van der Waals surface area contributed by atoms with E-state index in [-0.39, 0.29) is 0 Å². The Morgan fingerprint density at radius 3 is 1.57 bits per heavy atom. The highest BCUT2D eigenvalue weighted by Crippen LogP contribution is 2.29. The average Bonchev–Trinajstić information content (AvgIpc) is 2.49. The fraction of sp³-hybridized carbons (Fsp3) is 1.00. The van der Waals surface area contributed by atoms with E-state index < -0.39 is 15.0 Å².